The van der Waals surface area contributed by atoms with Crippen LogP contribution in [0.25, 0.3) is 0 Å². The van der Waals surface area contributed by atoms with Crippen LogP contribution in [0.2, 0.25) is 0 Å². The van der Waals surface area contributed by atoms with Crippen molar-refractivity contribution in [3.05, 3.63) is 24.3 Å². The summed E-state index contributed by atoms with van der Waals surface area (Å²) >= 11 is 0. The molecule has 0 radical (unpaired) electrons. The lowest BCUT2D eigenvalue weighted by atomic mass is 9.89. The van der Waals surface area contributed by atoms with E-state index < -0.39 is 10.0 Å². The van der Waals surface area contributed by atoms with Gasteiger partial charge in [-0.3, -0.25) is 9.10 Å². The SMILES string of the molecule is CCOc1ccc(N(CC(=O)NCC2CCCCC2)S(C)(=O)=O)cc1. The van der Waals surface area contributed by atoms with Crippen LogP contribution in [-0.2, 0) is 14.8 Å². The summed E-state index contributed by atoms with van der Waals surface area (Å²) in [6, 6.07) is 6.72. The maximum absolute atomic E-state index is 12.2. The highest BCUT2D eigenvalue weighted by Gasteiger charge is 2.22. The summed E-state index contributed by atoms with van der Waals surface area (Å²) in [4.78, 5) is 12.2. The Morgan fingerprint density at radius 2 is 1.84 bits per heavy atom. The number of hydrogen-bond donors (Lipinski definition) is 1. The summed E-state index contributed by atoms with van der Waals surface area (Å²) < 4.78 is 30.7. The van der Waals surface area contributed by atoms with Gasteiger partial charge >= 0.3 is 0 Å². The molecule has 0 saturated heterocycles. The number of sulfonamides is 1. The molecule has 1 aliphatic carbocycles. The maximum atomic E-state index is 12.2. The Labute approximate surface area is 150 Å². The summed E-state index contributed by atoms with van der Waals surface area (Å²) in [5.41, 5.74) is 0.457. The predicted octanol–water partition coefficient (Wildman–Crippen LogP) is 2.55. The third kappa shape index (κ3) is 6.23. The molecule has 1 N–H and O–H groups in total. The van der Waals surface area contributed by atoms with Crippen LogP contribution in [0.1, 0.15) is 39.0 Å². The van der Waals surface area contributed by atoms with Crippen molar-refractivity contribution in [2.24, 2.45) is 5.92 Å². The van der Waals surface area contributed by atoms with Crippen molar-refractivity contribution >= 4 is 21.6 Å². The fourth-order valence-corrected chi connectivity index (χ4v) is 3.97. The zero-order chi connectivity index (χ0) is 18.3. The zero-order valence-electron chi connectivity index (χ0n) is 15.0. The number of hydrogen-bond acceptors (Lipinski definition) is 4. The molecule has 0 spiro atoms. The minimum atomic E-state index is -3.55. The van der Waals surface area contributed by atoms with Gasteiger partial charge in [0.1, 0.15) is 12.3 Å². The molecule has 6 nitrogen and oxygen atoms in total. The van der Waals surface area contributed by atoms with Crippen molar-refractivity contribution in [2.75, 3.05) is 30.3 Å². The third-order valence-electron chi connectivity index (χ3n) is 4.44. The number of carbonyl (C=O) groups is 1. The molecule has 1 aromatic rings. The molecule has 0 bridgehead atoms. The molecule has 1 amide bonds. The average molecular weight is 368 g/mol. The van der Waals surface area contributed by atoms with Crippen LogP contribution in [0, 0.1) is 5.92 Å². The van der Waals surface area contributed by atoms with Gasteiger partial charge in [-0.1, -0.05) is 19.3 Å². The number of carbonyl (C=O) groups excluding carboxylic acids is 1. The number of rotatable bonds is 8. The molecular formula is C18H28N2O4S. The van der Waals surface area contributed by atoms with Crippen LogP contribution in [0.5, 0.6) is 5.75 Å². The first-order valence-corrected chi connectivity index (χ1v) is 10.7. The predicted molar refractivity (Wildman–Crippen MR) is 99.4 cm³/mol. The number of anilines is 1. The molecule has 0 aliphatic heterocycles. The number of benzene rings is 1. The van der Waals surface area contributed by atoms with E-state index in [0.717, 1.165) is 23.4 Å². The van der Waals surface area contributed by atoms with E-state index in [4.69, 9.17) is 4.74 Å². The van der Waals surface area contributed by atoms with Gasteiger partial charge in [-0.2, -0.15) is 0 Å². The standard InChI is InChI=1S/C18H28N2O4S/c1-3-24-17-11-9-16(10-12-17)20(25(2,22)23)14-18(21)19-13-15-7-5-4-6-8-15/h9-12,15H,3-8,13-14H2,1-2H3,(H,19,21). The van der Waals surface area contributed by atoms with Gasteiger partial charge < -0.3 is 10.1 Å². The molecule has 0 unspecified atom stereocenters. The molecule has 1 saturated carbocycles. The lowest BCUT2D eigenvalue weighted by molar-refractivity contribution is -0.119. The first kappa shape index (κ1) is 19.6. The van der Waals surface area contributed by atoms with Gasteiger partial charge in [-0.15, -0.1) is 0 Å². The van der Waals surface area contributed by atoms with Gasteiger partial charge in [0.15, 0.2) is 0 Å². The molecular weight excluding hydrogens is 340 g/mol. The molecule has 25 heavy (non-hydrogen) atoms. The van der Waals surface area contributed by atoms with Gasteiger partial charge in [0.05, 0.1) is 18.6 Å². The van der Waals surface area contributed by atoms with Crippen molar-refractivity contribution < 1.29 is 17.9 Å². The minimum absolute atomic E-state index is 0.209. The van der Waals surface area contributed by atoms with E-state index in [1.807, 2.05) is 6.92 Å². The zero-order valence-corrected chi connectivity index (χ0v) is 15.8. The molecule has 0 heterocycles. The number of amides is 1. The number of nitrogens with zero attached hydrogens (tertiary/aromatic N) is 1. The quantitative estimate of drug-likeness (QED) is 0.765. The van der Waals surface area contributed by atoms with Crippen molar-refractivity contribution in [3.8, 4) is 5.75 Å². The second kappa shape index (κ2) is 9.08. The van der Waals surface area contributed by atoms with Gasteiger partial charge in [0.25, 0.3) is 0 Å². The molecule has 140 valence electrons. The Hall–Kier alpha value is -1.76. The van der Waals surface area contributed by atoms with Crippen LogP contribution >= 0.6 is 0 Å². The Morgan fingerprint density at radius 3 is 2.40 bits per heavy atom. The number of nitrogens with one attached hydrogen (secondary N) is 1. The molecule has 1 aromatic carbocycles. The lowest BCUT2D eigenvalue weighted by Crippen LogP contribution is -2.41. The number of ether oxygens (including phenoxy) is 1. The van der Waals surface area contributed by atoms with Crippen LogP contribution < -0.4 is 14.4 Å². The molecule has 0 atom stereocenters. The lowest BCUT2D eigenvalue weighted by Gasteiger charge is -2.24. The summed E-state index contributed by atoms with van der Waals surface area (Å²) in [6.07, 6.45) is 7.07. The van der Waals surface area contributed by atoms with Crippen LogP contribution in [0.15, 0.2) is 24.3 Å². The van der Waals surface area contributed by atoms with Gasteiger partial charge in [0, 0.05) is 6.54 Å². The first-order chi connectivity index (χ1) is 11.9. The van der Waals surface area contributed by atoms with E-state index in [2.05, 4.69) is 5.32 Å². The summed E-state index contributed by atoms with van der Waals surface area (Å²) in [6.45, 7) is 2.84. The largest absolute Gasteiger partial charge is 0.494 e. The second-order valence-corrected chi connectivity index (χ2v) is 8.41. The molecule has 1 fully saturated rings. The minimum Gasteiger partial charge on any atom is -0.494 e. The topological polar surface area (TPSA) is 75.7 Å². The molecule has 2 rings (SSSR count). The van der Waals surface area contributed by atoms with E-state index >= 15 is 0 Å². The molecule has 1 aliphatic rings. The fourth-order valence-electron chi connectivity index (χ4n) is 3.11. The highest BCUT2D eigenvalue weighted by atomic mass is 32.2. The van der Waals surface area contributed by atoms with Gasteiger partial charge in [-0.25, -0.2) is 8.42 Å². The highest BCUT2D eigenvalue weighted by Crippen LogP contribution is 2.23. The van der Waals surface area contributed by atoms with E-state index in [0.29, 0.717) is 30.5 Å². The van der Waals surface area contributed by atoms with Crippen molar-refractivity contribution in [3.63, 3.8) is 0 Å². The Balaban J connectivity index is 1.98. The van der Waals surface area contributed by atoms with Crippen molar-refractivity contribution in [2.45, 2.75) is 39.0 Å². The van der Waals surface area contributed by atoms with E-state index in [1.54, 1.807) is 24.3 Å². The Morgan fingerprint density at radius 1 is 1.20 bits per heavy atom. The summed E-state index contributed by atoms with van der Waals surface area (Å²) in [7, 11) is -3.55. The van der Waals surface area contributed by atoms with E-state index in [-0.39, 0.29) is 12.5 Å². The van der Waals surface area contributed by atoms with Gasteiger partial charge in [-0.05, 0) is 49.9 Å². The average Bonchev–Trinajstić information content (AvgIpc) is 2.59. The highest BCUT2D eigenvalue weighted by molar-refractivity contribution is 7.92. The second-order valence-electron chi connectivity index (χ2n) is 6.50. The van der Waals surface area contributed by atoms with Crippen LogP contribution in [-0.4, -0.2) is 40.3 Å². The van der Waals surface area contributed by atoms with Crippen LogP contribution in [0.4, 0.5) is 5.69 Å². The Bertz CT molecular complexity index is 652. The third-order valence-corrected chi connectivity index (χ3v) is 5.58. The van der Waals surface area contributed by atoms with Crippen LogP contribution in [0.3, 0.4) is 0 Å². The van der Waals surface area contributed by atoms with Crippen molar-refractivity contribution in [1.82, 2.24) is 5.32 Å². The smallest absolute Gasteiger partial charge is 0.240 e. The summed E-state index contributed by atoms with van der Waals surface area (Å²) in [5, 5.41) is 2.89. The van der Waals surface area contributed by atoms with Crippen molar-refractivity contribution in [1.29, 1.82) is 0 Å². The first-order valence-electron chi connectivity index (χ1n) is 8.87. The maximum Gasteiger partial charge on any atom is 0.240 e. The molecule has 7 heteroatoms. The van der Waals surface area contributed by atoms with E-state index in [9.17, 15) is 13.2 Å². The monoisotopic (exact) mass is 368 g/mol. The summed E-state index contributed by atoms with van der Waals surface area (Å²) in [5.74, 6) is 0.904. The Kier molecular flexibility index (Phi) is 7.11. The fraction of sp³-hybridized carbons (Fsp3) is 0.611. The normalized spacial score (nSPS) is 15.6. The molecule has 0 aromatic heterocycles. The van der Waals surface area contributed by atoms with E-state index in [1.165, 1.54) is 19.3 Å². The van der Waals surface area contributed by atoms with Gasteiger partial charge in [0.2, 0.25) is 15.9 Å².